The Balaban J connectivity index is 2.05. The Kier molecular flexibility index (Phi) is 3.08. The molecule has 2 aromatic heterocycles. The molecule has 0 amide bonds. The first-order chi connectivity index (χ1) is 9.19. The molecule has 0 aliphatic rings. The SMILES string of the molecule is COc1ccsc1C(Cl)c1ccc2[nH]c(=O)[nH]c2c1. The number of aromatic nitrogens is 2. The summed E-state index contributed by atoms with van der Waals surface area (Å²) < 4.78 is 5.28. The maximum atomic E-state index is 11.2. The van der Waals surface area contributed by atoms with Crippen LogP contribution < -0.4 is 10.4 Å². The van der Waals surface area contributed by atoms with Crippen LogP contribution in [0.1, 0.15) is 15.8 Å². The normalized spacial score (nSPS) is 12.7. The van der Waals surface area contributed by atoms with Gasteiger partial charge >= 0.3 is 5.69 Å². The van der Waals surface area contributed by atoms with Crippen LogP contribution in [0.3, 0.4) is 0 Å². The molecule has 3 aromatic rings. The second-order valence-electron chi connectivity index (χ2n) is 4.10. The molecule has 0 spiro atoms. The molecule has 1 unspecified atom stereocenters. The Bertz CT molecular complexity index is 774. The summed E-state index contributed by atoms with van der Waals surface area (Å²) in [6.07, 6.45) is 0. The molecule has 1 aromatic carbocycles. The number of halogens is 1. The molecular weight excluding hydrogens is 284 g/mol. The molecule has 0 aliphatic carbocycles. The lowest BCUT2D eigenvalue weighted by Crippen LogP contribution is -1.99. The van der Waals surface area contributed by atoms with Gasteiger partial charge in [-0.15, -0.1) is 22.9 Å². The molecule has 98 valence electrons. The van der Waals surface area contributed by atoms with Crippen molar-refractivity contribution in [3.05, 3.63) is 50.6 Å². The third-order valence-corrected chi connectivity index (χ3v) is 4.50. The van der Waals surface area contributed by atoms with Crippen molar-refractivity contribution < 1.29 is 4.74 Å². The zero-order valence-corrected chi connectivity index (χ0v) is 11.6. The van der Waals surface area contributed by atoms with E-state index in [1.165, 1.54) is 0 Å². The van der Waals surface area contributed by atoms with Crippen molar-refractivity contribution in [2.24, 2.45) is 0 Å². The van der Waals surface area contributed by atoms with Crippen LogP contribution in [0.2, 0.25) is 0 Å². The fourth-order valence-electron chi connectivity index (χ4n) is 2.02. The summed E-state index contributed by atoms with van der Waals surface area (Å²) in [6, 6.07) is 7.52. The van der Waals surface area contributed by atoms with Gasteiger partial charge in [0.25, 0.3) is 0 Å². The highest BCUT2D eigenvalue weighted by Crippen LogP contribution is 2.39. The zero-order valence-electron chi connectivity index (χ0n) is 10.1. The van der Waals surface area contributed by atoms with Crippen molar-refractivity contribution in [1.82, 2.24) is 9.97 Å². The number of ether oxygens (including phenoxy) is 1. The standard InChI is InChI=1S/C13H11ClN2O2S/c1-18-10-4-5-19-12(10)11(14)7-2-3-8-9(6-7)16-13(17)15-8/h2-6,11H,1H3,(H2,15,16,17). The number of fused-ring (bicyclic) bond motifs is 1. The molecule has 2 N–H and O–H groups in total. The van der Waals surface area contributed by atoms with Crippen molar-refractivity contribution >= 4 is 34.0 Å². The van der Waals surface area contributed by atoms with Crippen LogP contribution in [0.4, 0.5) is 0 Å². The average molecular weight is 295 g/mol. The van der Waals surface area contributed by atoms with Gasteiger partial charge in [0.15, 0.2) is 0 Å². The number of alkyl halides is 1. The first kappa shape index (κ1) is 12.3. The van der Waals surface area contributed by atoms with Crippen molar-refractivity contribution in [2.75, 3.05) is 7.11 Å². The number of hydrogen-bond donors (Lipinski definition) is 2. The van der Waals surface area contributed by atoms with E-state index in [2.05, 4.69) is 9.97 Å². The van der Waals surface area contributed by atoms with Crippen molar-refractivity contribution in [2.45, 2.75) is 5.38 Å². The van der Waals surface area contributed by atoms with E-state index in [0.717, 1.165) is 27.2 Å². The van der Waals surface area contributed by atoms with Gasteiger partial charge in [0.2, 0.25) is 0 Å². The van der Waals surface area contributed by atoms with Gasteiger partial charge in [0.05, 0.1) is 28.4 Å². The van der Waals surface area contributed by atoms with Gasteiger partial charge < -0.3 is 14.7 Å². The van der Waals surface area contributed by atoms with E-state index in [1.54, 1.807) is 18.4 Å². The van der Waals surface area contributed by atoms with Gasteiger partial charge in [-0.2, -0.15) is 0 Å². The fraction of sp³-hybridized carbons (Fsp3) is 0.154. The minimum absolute atomic E-state index is 0.216. The van der Waals surface area contributed by atoms with Crippen molar-refractivity contribution in [3.8, 4) is 5.75 Å². The summed E-state index contributed by atoms with van der Waals surface area (Å²) in [5.41, 5.74) is 2.23. The molecule has 0 saturated heterocycles. The van der Waals surface area contributed by atoms with Gasteiger partial charge in [-0.3, -0.25) is 0 Å². The zero-order chi connectivity index (χ0) is 13.4. The van der Waals surface area contributed by atoms with Crippen LogP contribution in [0.25, 0.3) is 11.0 Å². The predicted molar refractivity (Wildman–Crippen MR) is 77.5 cm³/mol. The van der Waals surface area contributed by atoms with E-state index in [-0.39, 0.29) is 11.1 Å². The van der Waals surface area contributed by atoms with Gasteiger partial charge in [-0.1, -0.05) is 6.07 Å². The van der Waals surface area contributed by atoms with E-state index >= 15 is 0 Å². The van der Waals surface area contributed by atoms with E-state index in [4.69, 9.17) is 16.3 Å². The lowest BCUT2D eigenvalue weighted by atomic mass is 10.1. The lowest BCUT2D eigenvalue weighted by Gasteiger charge is -2.10. The Morgan fingerprint density at radius 1 is 1.26 bits per heavy atom. The Hall–Kier alpha value is -1.72. The molecule has 0 bridgehead atoms. The van der Waals surface area contributed by atoms with Crippen LogP contribution in [-0.2, 0) is 0 Å². The molecule has 2 heterocycles. The third-order valence-electron chi connectivity index (χ3n) is 2.94. The summed E-state index contributed by atoms with van der Waals surface area (Å²) in [6.45, 7) is 0. The topological polar surface area (TPSA) is 57.9 Å². The molecule has 0 radical (unpaired) electrons. The second-order valence-corrected chi connectivity index (χ2v) is 5.48. The number of aromatic amines is 2. The predicted octanol–water partition coefficient (Wildman–Crippen LogP) is 3.25. The number of nitrogens with one attached hydrogen (secondary N) is 2. The quantitative estimate of drug-likeness (QED) is 0.729. The van der Waals surface area contributed by atoms with Crippen LogP contribution in [0.5, 0.6) is 5.75 Å². The number of rotatable bonds is 3. The van der Waals surface area contributed by atoms with E-state index in [0.29, 0.717) is 0 Å². The van der Waals surface area contributed by atoms with E-state index < -0.39 is 0 Å². The van der Waals surface area contributed by atoms with Gasteiger partial charge in [-0.25, -0.2) is 4.79 Å². The van der Waals surface area contributed by atoms with Gasteiger partial charge in [0, 0.05) is 0 Å². The summed E-state index contributed by atoms with van der Waals surface area (Å²) in [5.74, 6) is 0.785. The Morgan fingerprint density at radius 2 is 2.05 bits per heavy atom. The van der Waals surface area contributed by atoms with Gasteiger partial charge in [-0.05, 0) is 29.1 Å². The van der Waals surface area contributed by atoms with Crippen LogP contribution in [-0.4, -0.2) is 17.1 Å². The molecule has 6 heteroatoms. The fourth-order valence-corrected chi connectivity index (χ4v) is 3.28. The maximum absolute atomic E-state index is 11.2. The number of benzene rings is 1. The first-order valence-electron chi connectivity index (χ1n) is 5.66. The third kappa shape index (κ3) is 2.15. The van der Waals surface area contributed by atoms with Crippen molar-refractivity contribution in [3.63, 3.8) is 0 Å². The molecule has 0 fully saturated rings. The van der Waals surface area contributed by atoms with Gasteiger partial charge in [0.1, 0.15) is 5.75 Å². The van der Waals surface area contributed by atoms with Crippen LogP contribution in [0, 0.1) is 0 Å². The summed E-state index contributed by atoms with van der Waals surface area (Å²) in [4.78, 5) is 17.6. The number of imidazole rings is 1. The number of H-pyrrole nitrogens is 2. The highest BCUT2D eigenvalue weighted by molar-refractivity contribution is 7.10. The largest absolute Gasteiger partial charge is 0.496 e. The van der Waals surface area contributed by atoms with Crippen LogP contribution >= 0.6 is 22.9 Å². The molecule has 1 atom stereocenters. The summed E-state index contributed by atoms with van der Waals surface area (Å²) >= 11 is 8.04. The van der Waals surface area contributed by atoms with E-state index in [1.807, 2.05) is 29.6 Å². The smallest absolute Gasteiger partial charge is 0.323 e. The molecule has 0 aliphatic heterocycles. The maximum Gasteiger partial charge on any atom is 0.323 e. The van der Waals surface area contributed by atoms with Crippen molar-refractivity contribution in [1.29, 1.82) is 0 Å². The minimum atomic E-state index is -0.294. The number of hydrogen-bond acceptors (Lipinski definition) is 3. The van der Waals surface area contributed by atoms with Crippen LogP contribution in [0.15, 0.2) is 34.4 Å². The highest BCUT2D eigenvalue weighted by Gasteiger charge is 2.17. The monoisotopic (exact) mass is 294 g/mol. The Labute approximate surface area is 118 Å². The summed E-state index contributed by atoms with van der Waals surface area (Å²) in [7, 11) is 1.63. The molecule has 4 nitrogen and oxygen atoms in total. The highest BCUT2D eigenvalue weighted by atomic mass is 35.5. The number of methoxy groups -OCH3 is 1. The summed E-state index contributed by atoms with van der Waals surface area (Å²) in [5, 5.41) is 1.65. The average Bonchev–Trinajstić information content (AvgIpc) is 3.01. The second kappa shape index (κ2) is 4.75. The molecule has 19 heavy (non-hydrogen) atoms. The minimum Gasteiger partial charge on any atom is -0.496 e. The molecular formula is C13H11ClN2O2S. The number of thiophene rings is 1. The first-order valence-corrected chi connectivity index (χ1v) is 6.98. The lowest BCUT2D eigenvalue weighted by molar-refractivity contribution is 0.413. The molecule has 3 rings (SSSR count). The Morgan fingerprint density at radius 3 is 2.84 bits per heavy atom. The van der Waals surface area contributed by atoms with E-state index in [9.17, 15) is 4.79 Å². The molecule has 0 saturated carbocycles.